The molecule has 0 radical (unpaired) electrons. The van der Waals surface area contributed by atoms with Crippen LogP contribution in [-0.2, 0) is 4.74 Å². The fourth-order valence-corrected chi connectivity index (χ4v) is 1.92. The van der Waals surface area contributed by atoms with Gasteiger partial charge in [-0.15, -0.1) is 0 Å². The lowest BCUT2D eigenvalue weighted by atomic mass is 10.1. The average molecular weight is 348 g/mol. The van der Waals surface area contributed by atoms with E-state index in [1.54, 1.807) is 24.9 Å². The molecule has 0 spiro atoms. The normalized spacial score (nSPS) is 13.8. The second kappa shape index (κ2) is 6.90. The zero-order valence-electron chi connectivity index (χ0n) is 10.3. The second-order valence-corrected chi connectivity index (χ2v) is 5.06. The Morgan fingerprint density at radius 3 is 2.94 bits per heavy atom. The Bertz CT molecular complexity index is 454. The number of hydrogen-bond acceptors (Lipinski definition) is 3. The third-order valence-corrected chi connectivity index (χ3v) is 3.21. The summed E-state index contributed by atoms with van der Waals surface area (Å²) in [5.74, 6) is -0.0143. The Morgan fingerprint density at radius 2 is 2.35 bits per heavy atom. The summed E-state index contributed by atoms with van der Waals surface area (Å²) in [6.45, 7) is 2.50. The minimum Gasteiger partial charge on any atom is -0.385 e. The van der Waals surface area contributed by atoms with E-state index in [0.29, 0.717) is 12.1 Å². The Balaban J connectivity index is 2.96. The van der Waals surface area contributed by atoms with Crippen molar-refractivity contribution in [1.82, 2.24) is 4.57 Å². The van der Waals surface area contributed by atoms with Gasteiger partial charge < -0.3 is 4.74 Å². The van der Waals surface area contributed by atoms with E-state index in [0.717, 1.165) is 9.99 Å². The van der Waals surface area contributed by atoms with Gasteiger partial charge in [-0.3, -0.25) is 14.4 Å². The Kier molecular flexibility index (Phi) is 5.84. The molecule has 94 valence electrons. The van der Waals surface area contributed by atoms with Crippen LogP contribution in [0.25, 0.3) is 0 Å². The molecule has 0 saturated carbocycles. The van der Waals surface area contributed by atoms with Crippen LogP contribution in [0.2, 0.25) is 0 Å². The standard InChI is InChI=1S/C12H17IN2O2/c1-9(5-7-17-3)12(16)15-6-4-10(13)8-11(15)14-2/h4,6,8-9H,5,7H2,1-3H3/b14-11-. The van der Waals surface area contributed by atoms with Crippen molar-refractivity contribution in [3.63, 3.8) is 0 Å². The number of hydrogen-bond donors (Lipinski definition) is 0. The van der Waals surface area contributed by atoms with Gasteiger partial charge >= 0.3 is 0 Å². The molecule has 4 nitrogen and oxygen atoms in total. The van der Waals surface area contributed by atoms with Gasteiger partial charge in [-0.25, -0.2) is 0 Å². The van der Waals surface area contributed by atoms with Crippen LogP contribution in [0.4, 0.5) is 0 Å². The number of methoxy groups -OCH3 is 1. The molecule has 1 rings (SSSR count). The maximum Gasteiger partial charge on any atom is 0.235 e. The van der Waals surface area contributed by atoms with E-state index in [1.165, 1.54) is 0 Å². The molecule has 1 aromatic heterocycles. The molecular weight excluding hydrogens is 331 g/mol. The van der Waals surface area contributed by atoms with Gasteiger partial charge in [0, 0.05) is 36.4 Å². The van der Waals surface area contributed by atoms with E-state index in [1.807, 2.05) is 19.1 Å². The third kappa shape index (κ3) is 3.92. The van der Waals surface area contributed by atoms with E-state index in [2.05, 4.69) is 27.6 Å². The summed E-state index contributed by atoms with van der Waals surface area (Å²) in [4.78, 5) is 16.3. The van der Waals surface area contributed by atoms with Crippen LogP contribution in [0, 0.1) is 9.49 Å². The molecule has 5 heteroatoms. The number of carbonyl (C=O) groups is 1. The minimum absolute atomic E-state index is 0.0547. The maximum absolute atomic E-state index is 12.2. The SMILES string of the molecule is C/N=c1/cc(I)ccn1C(=O)C(C)CCOC. The van der Waals surface area contributed by atoms with Gasteiger partial charge in [-0.2, -0.15) is 0 Å². The summed E-state index contributed by atoms with van der Waals surface area (Å²) in [6, 6.07) is 3.79. The molecule has 1 atom stereocenters. The van der Waals surface area contributed by atoms with Crippen molar-refractivity contribution in [3.05, 3.63) is 27.4 Å². The van der Waals surface area contributed by atoms with E-state index < -0.39 is 0 Å². The molecular formula is C12H17IN2O2. The van der Waals surface area contributed by atoms with Crippen LogP contribution in [0.1, 0.15) is 18.1 Å². The molecule has 1 unspecified atom stereocenters. The molecule has 0 fully saturated rings. The highest BCUT2D eigenvalue weighted by atomic mass is 127. The average Bonchev–Trinajstić information content (AvgIpc) is 2.34. The Hall–Kier alpha value is -0.690. The van der Waals surface area contributed by atoms with Crippen molar-refractivity contribution in [1.29, 1.82) is 0 Å². The third-order valence-electron chi connectivity index (χ3n) is 2.54. The number of halogens is 1. The van der Waals surface area contributed by atoms with Crippen LogP contribution in [0.15, 0.2) is 23.3 Å². The summed E-state index contributed by atoms with van der Waals surface area (Å²) in [5.41, 5.74) is 0.686. The zero-order valence-corrected chi connectivity index (χ0v) is 12.5. The van der Waals surface area contributed by atoms with Gasteiger partial charge in [-0.1, -0.05) is 6.92 Å². The quantitative estimate of drug-likeness (QED) is 0.781. The molecule has 0 amide bonds. The summed E-state index contributed by atoms with van der Waals surface area (Å²) in [7, 11) is 3.33. The van der Waals surface area contributed by atoms with Crippen molar-refractivity contribution in [2.75, 3.05) is 20.8 Å². The number of pyridine rings is 1. The van der Waals surface area contributed by atoms with Crippen molar-refractivity contribution >= 4 is 28.5 Å². The lowest BCUT2D eigenvalue weighted by Gasteiger charge is -2.12. The summed E-state index contributed by atoms with van der Waals surface area (Å²) < 4.78 is 7.65. The van der Waals surface area contributed by atoms with Crippen molar-refractivity contribution in [2.24, 2.45) is 10.9 Å². The highest BCUT2D eigenvalue weighted by Gasteiger charge is 2.14. The first-order valence-electron chi connectivity index (χ1n) is 5.44. The molecule has 0 N–H and O–H groups in total. The largest absolute Gasteiger partial charge is 0.385 e. The number of rotatable bonds is 4. The lowest BCUT2D eigenvalue weighted by molar-refractivity contribution is 0.0802. The fraction of sp³-hybridized carbons (Fsp3) is 0.500. The molecule has 0 aromatic carbocycles. The predicted octanol–water partition coefficient (Wildman–Crippen LogP) is 1.94. The van der Waals surface area contributed by atoms with Crippen LogP contribution in [-0.4, -0.2) is 31.2 Å². The molecule has 1 aromatic rings. The van der Waals surface area contributed by atoms with Gasteiger partial charge in [0.25, 0.3) is 0 Å². The van der Waals surface area contributed by atoms with Gasteiger partial charge in [0.2, 0.25) is 5.91 Å². The van der Waals surface area contributed by atoms with Gasteiger partial charge in [0.15, 0.2) is 0 Å². The molecule has 0 aliphatic heterocycles. The predicted molar refractivity (Wildman–Crippen MR) is 74.9 cm³/mol. The highest BCUT2D eigenvalue weighted by Crippen LogP contribution is 2.06. The summed E-state index contributed by atoms with van der Waals surface area (Å²) in [5, 5.41) is 0. The van der Waals surface area contributed by atoms with Crippen LogP contribution >= 0.6 is 22.6 Å². The number of ether oxygens (including phenoxy) is 1. The first kappa shape index (κ1) is 14.4. The van der Waals surface area contributed by atoms with E-state index in [9.17, 15) is 4.79 Å². The van der Waals surface area contributed by atoms with Crippen molar-refractivity contribution in [3.8, 4) is 0 Å². The molecule has 0 saturated heterocycles. The van der Waals surface area contributed by atoms with Crippen molar-refractivity contribution < 1.29 is 9.53 Å². The first-order valence-corrected chi connectivity index (χ1v) is 6.52. The van der Waals surface area contributed by atoms with E-state index in [4.69, 9.17) is 4.74 Å². The number of carbonyl (C=O) groups excluding carboxylic acids is 1. The second-order valence-electron chi connectivity index (χ2n) is 3.82. The van der Waals surface area contributed by atoms with Gasteiger partial charge in [0.05, 0.1) is 0 Å². The Morgan fingerprint density at radius 1 is 1.65 bits per heavy atom. The summed E-state index contributed by atoms with van der Waals surface area (Å²) in [6.07, 6.45) is 2.49. The lowest BCUT2D eigenvalue weighted by Crippen LogP contribution is -2.31. The number of nitrogens with zero attached hydrogens (tertiary/aromatic N) is 2. The van der Waals surface area contributed by atoms with E-state index in [-0.39, 0.29) is 11.8 Å². The zero-order chi connectivity index (χ0) is 12.8. The maximum atomic E-state index is 12.2. The molecule has 0 aliphatic carbocycles. The molecule has 0 aliphatic rings. The minimum atomic E-state index is -0.0690. The summed E-state index contributed by atoms with van der Waals surface area (Å²) >= 11 is 2.20. The fourth-order valence-electron chi connectivity index (χ4n) is 1.48. The topological polar surface area (TPSA) is 43.6 Å². The van der Waals surface area contributed by atoms with Gasteiger partial charge in [0.1, 0.15) is 5.49 Å². The monoisotopic (exact) mass is 348 g/mol. The van der Waals surface area contributed by atoms with Crippen LogP contribution < -0.4 is 5.49 Å². The van der Waals surface area contributed by atoms with Crippen molar-refractivity contribution in [2.45, 2.75) is 13.3 Å². The Labute approximate surface area is 115 Å². The highest BCUT2D eigenvalue weighted by molar-refractivity contribution is 14.1. The molecule has 17 heavy (non-hydrogen) atoms. The van der Waals surface area contributed by atoms with Crippen LogP contribution in [0.5, 0.6) is 0 Å². The van der Waals surface area contributed by atoms with Crippen LogP contribution in [0.3, 0.4) is 0 Å². The molecule has 1 heterocycles. The number of aromatic nitrogens is 1. The first-order chi connectivity index (χ1) is 8.10. The van der Waals surface area contributed by atoms with Gasteiger partial charge in [-0.05, 0) is 41.1 Å². The molecule has 0 bridgehead atoms. The smallest absolute Gasteiger partial charge is 0.235 e. The van der Waals surface area contributed by atoms with E-state index >= 15 is 0 Å².